The van der Waals surface area contributed by atoms with E-state index in [0.717, 1.165) is 5.56 Å². The number of nitro groups is 1. The molecule has 6 heteroatoms. The van der Waals surface area contributed by atoms with Crippen LogP contribution in [0, 0.1) is 17.0 Å². The molecule has 0 fully saturated rings. The molecule has 2 aromatic rings. The summed E-state index contributed by atoms with van der Waals surface area (Å²) >= 11 is 0. The second-order valence-electron chi connectivity index (χ2n) is 5.56. The maximum absolute atomic E-state index is 12.5. The Balaban J connectivity index is 2.18. The maximum atomic E-state index is 12.5. The second-order valence-corrected chi connectivity index (χ2v) is 5.56. The molecule has 2 rings (SSSR count). The Labute approximate surface area is 140 Å². The molecule has 0 saturated heterocycles. The van der Waals surface area contributed by atoms with E-state index in [9.17, 15) is 14.9 Å². The van der Waals surface area contributed by atoms with Crippen LogP contribution < -0.4 is 5.32 Å². The van der Waals surface area contributed by atoms with Gasteiger partial charge in [0.2, 0.25) is 0 Å². The number of hydrogen-bond donors (Lipinski definition) is 2. The van der Waals surface area contributed by atoms with Gasteiger partial charge in [-0.05, 0) is 37.5 Å². The zero-order valence-corrected chi connectivity index (χ0v) is 13.4. The van der Waals surface area contributed by atoms with Gasteiger partial charge >= 0.3 is 0 Å². The number of aliphatic hydroxyl groups excluding tert-OH is 1. The van der Waals surface area contributed by atoms with E-state index >= 15 is 0 Å². The number of aryl methyl sites for hydroxylation is 1. The Morgan fingerprint density at radius 2 is 1.96 bits per heavy atom. The fourth-order valence-corrected chi connectivity index (χ4v) is 2.55. The number of rotatable bonds is 7. The molecule has 6 nitrogen and oxygen atoms in total. The van der Waals surface area contributed by atoms with Gasteiger partial charge < -0.3 is 10.4 Å². The van der Waals surface area contributed by atoms with Crippen LogP contribution in [-0.4, -0.2) is 22.5 Å². The van der Waals surface area contributed by atoms with Gasteiger partial charge in [-0.3, -0.25) is 14.9 Å². The highest BCUT2D eigenvalue weighted by Gasteiger charge is 2.18. The van der Waals surface area contributed by atoms with Crippen molar-refractivity contribution >= 4 is 11.6 Å². The minimum atomic E-state index is -0.467. The highest BCUT2D eigenvalue weighted by atomic mass is 16.6. The average molecular weight is 328 g/mol. The van der Waals surface area contributed by atoms with Gasteiger partial charge in [0, 0.05) is 23.8 Å². The minimum absolute atomic E-state index is 0.00793. The van der Waals surface area contributed by atoms with Crippen LogP contribution in [0.25, 0.3) is 0 Å². The third kappa shape index (κ3) is 4.39. The lowest BCUT2D eigenvalue weighted by Gasteiger charge is -2.19. The summed E-state index contributed by atoms with van der Waals surface area (Å²) in [6.45, 7) is 1.66. The lowest BCUT2D eigenvalue weighted by atomic mass is 10.0. The number of nitrogens with one attached hydrogen (secondary N) is 1. The normalized spacial score (nSPS) is 11.8. The van der Waals surface area contributed by atoms with Crippen LogP contribution in [0.3, 0.4) is 0 Å². The number of carbonyl (C=O) groups is 1. The number of nitrogens with zero attached hydrogens (tertiary/aromatic N) is 1. The third-order valence-electron chi connectivity index (χ3n) is 3.81. The van der Waals surface area contributed by atoms with E-state index < -0.39 is 4.92 Å². The molecule has 2 aromatic carbocycles. The average Bonchev–Trinajstić information content (AvgIpc) is 2.58. The van der Waals surface area contributed by atoms with Crippen molar-refractivity contribution < 1.29 is 14.8 Å². The van der Waals surface area contributed by atoms with Crippen LogP contribution in [0.15, 0.2) is 48.5 Å². The van der Waals surface area contributed by atoms with Crippen molar-refractivity contribution in [1.82, 2.24) is 5.32 Å². The van der Waals surface area contributed by atoms with Gasteiger partial charge in [-0.15, -0.1) is 0 Å². The molecule has 1 atom stereocenters. The molecule has 0 bridgehead atoms. The fourth-order valence-electron chi connectivity index (χ4n) is 2.55. The van der Waals surface area contributed by atoms with E-state index in [1.54, 1.807) is 6.92 Å². The molecule has 126 valence electrons. The smallest absolute Gasteiger partial charge is 0.272 e. The van der Waals surface area contributed by atoms with Gasteiger partial charge in [0.05, 0.1) is 11.0 Å². The van der Waals surface area contributed by atoms with E-state index in [1.165, 1.54) is 18.2 Å². The Bertz CT molecular complexity index is 716. The number of hydrogen-bond acceptors (Lipinski definition) is 4. The van der Waals surface area contributed by atoms with Crippen molar-refractivity contribution in [2.45, 2.75) is 25.8 Å². The van der Waals surface area contributed by atoms with Crippen molar-refractivity contribution in [3.05, 3.63) is 75.3 Å². The van der Waals surface area contributed by atoms with Gasteiger partial charge in [0.25, 0.3) is 11.6 Å². The summed E-state index contributed by atoms with van der Waals surface area (Å²) in [7, 11) is 0. The Morgan fingerprint density at radius 1 is 1.25 bits per heavy atom. The molecule has 0 aliphatic rings. The number of carbonyl (C=O) groups excluding carboxylic acids is 1. The second kappa shape index (κ2) is 8.21. The third-order valence-corrected chi connectivity index (χ3v) is 3.81. The molecule has 0 aliphatic carbocycles. The number of benzene rings is 2. The fraction of sp³-hybridized carbons (Fsp3) is 0.278. The Hall–Kier alpha value is -2.73. The first-order valence-corrected chi connectivity index (χ1v) is 7.74. The largest absolute Gasteiger partial charge is 0.396 e. The van der Waals surface area contributed by atoms with Gasteiger partial charge in [0.1, 0.15) is 0 Å². The monoisotopic (exact) mass is 328 g/mol. The van der Waals surface area contributed by atoms with Crippen LogP contribution in [0.4, 0.5) is 5.69 Å². The molecule has 0 spiro atoms. The van der Waals surface area contributed by atoms with Crippen LogP contribution in [0.1, 0.15) is 40.4 Å². The standard InChI is InChI=1S/C18H20N2O4/c1-13-12-15(9-10-17(13)20(23)24)18(22)19-16(8-5-11-21)14-6-3-2-4-7-14/h2-4,6-7,9-10,12,16,21H,5,8,11H2,1H3,(H,19,22). The van der Waals surface area contributed by atoms with Crippen LogP contribution >= 0.6 is 0 Å². The zero-order chi connectivity index (χ0) is 17.5. The van der Waals surface area contributed by atoms with Gasteiger partial charge in [0.15, 0.2) is 0 Å². The topological polar surface area (TPSA) is 92.5 Å². The Kier molecular flexibility index (Phi) is 6.03. The summed E-state index contributed by atoms with van der Waals surface area (Å²) in [5.41, 5.74) is 1.77. The van der Waals surface area contributed by atoms with E-state index in [1.807, 2.05) is 30.3 Å². The summed E-state index contributed by atoms with van der Waals surface area (Å²) < 4.78 is 0. The van der Waals surface area contributed by atoms with E-state index in [2.05, 4.69) is 5.32 Å². The van der Waals surface area contributed by atoms with Crippen LogP contribution in [0.2, 0.25) is 0 Å². The maximum Gasteiger partial charge on any atom is 0.272 e. The summed E-state index contributed by atoms with van der Waals surface area (Å²) in [5, 5.41) is 22.9. The Morgan fingerprint density at radius 3 is 2.54 bits per heavy atom. The summed E-state index contributed by atoms with van der Waals surface area (Å²) in [4.78, 5) is 22.9. The summed E-state index contributed by atoms with van der Waals surface area (Å²) in [6.07, 6.45) is 1.18. The molecule has 0 aliphatic heterocycles. The molecule has 0 aromatic heterocycles. The van der Waals surface area contributed by atoms with Gasteiger partial charge in [-0.2, -0.15) is 0 Å². The molecule has 0 saturated carbocycles. The van der Waals surface area contributed by atoms with Crippen molar-refractivity contribution in [2.75, 3.05) is 6.61 Å². The van der Waals surface area contributed by atoms with Crippen molar-refractivity contribution in [3.63, 3.8) is 0 Å². The summed E-state index contributed by atoms with van der Waals surface area (Å²) in [6, 6.07) is 13.6. The molecule has 1 unspecified atom stereocenters. The first kappa shape index (κ1) is 17.6. The van der Waals surface area contributed by atoms with Crippen molar-refractivity contribution in [1.29, 1.82) is 0 Å². The number of nitro benzene ring substituents is 1. The van der Waals surface area contributed by atoms with Crippen LogP contribution in [0.5, 0.6) is 0 Å². The highest BCUT2D eigenvalue weighted by molar-refractivity contribution is 5.95. The van der Waals surface area contributed by atoms with Crippen molar-refractivity contribution in [2.24, 2.45) is 0 Å². The number of aliphatic hydroxyl groups is 1. The van der Waals surface area contributed by atoms with E-state index in [-0.39, 0.29) is 24.2 Å². The minimum Gasteiger partial charge on any atom is -0.396 e. The van der Waals surface area contributed by atoms with Crippen molar-refractivity contribution in [3.8, 4) is 0 Å². The quantitative estimate of drug-likeness (QED) is 0.603. The highest BCUT2D eigenvalue weighted by Crippen LogP contribution is 2.21. The lowest BCUT2D eigenvalue weighted by Crippen LogP contribution is -2.28. The first-order valence-electron chi connectivity index (χ1n) is 7.74. The molecule has 24 heavy (non-hydrogen) atoms. The molecule has 2 N–H and O–H groups in total. The molecular formula is C18H20N2O4. The summed E-state index contributed by atoms with van der Waals surface area (Å²) in [5.74, 6) is -0.292. The zero-order valence-electron chi connectivity index (χ0n) is 13.4. The molecule has 1 amide bonds. The molecule has 0 radical (unpaired) electrons. The number of amides is 1. The molecular weight excluding hydrogens is 308 g/mol. The lowest BCUT2D eigenvalue weighted by molar-refractivity contribution is -0.385. The van der Waals surface area contributed by atoms with E-state index in [4.69, 9.17) is 5.11 Å². The van der Waals surface area contributed by atoms with Crippen LogP contribution in [-0.2, 0) is 0 Å². The first-order chi connectivity index (χ1) is 11.5. The molecule has 0 heterocycles. The van der Waals surface area contributed by atoms with Gasteiger partial charge in [-0.25, -0.2) is 0 Å². The SMILES string of the molecule is Cc1cc(C(=O)NC(CCCO)c2ccccc2)ccc1[N+](=O)[O-]. The predicted octanol–water partition coefficient (Wildman–Crippen LogP) is 3.15. The van der Waals surface area contributed by atoms with E-state index in [0.29, 0.717) is 24.0 Å². The predicted molar refractivity (Wildman–Crippen MR) is 90.8 cm³/mol. The van der Waals surface area contributed by atoms with Gasteiger partial charge in [-0.1, -0.05) is 30.3 Å².